The maximum absolute atomic E-state index is 11.1. The average molecular weight is 222 g/mol. The summed E-state index contributed by atoms with van der Waals surface area (Å²) < 4.78 is 0. The van der Waals surface area contributed by atoms with E-state index >= 15 is 0 Å². The molecule has 2 N–H and O–H groups in total. The fourth-order valence-corrected chi connectivity index (χ4v) is 1.11. The Morgan fingerprint density at radius 3 is 2.44 bits per heavy atom. The first kappa shape index (κ1) is 11.8. The molecule has 0 bridgehead atoms. The summed E-state index contributed by atoms with van der Waals surface area (Å²) in [4.78, 5) is 21.6. The largest absolute Gasteiger partial charge is 0.548 e. The van der Waals surface area contributed by atoms with Crippen molar-refractivity contribution in [3.05, 3.63) is 30.3 Å². The molecular formula is C10H12N3O3-. The lowest BCUT2D eigenvalue weighted by Gasteiger charge is -2.25. The van der Waals surface area contributed by atoms with Crippen molar-refractivity contribution in [3.8, 4) is 0 Å². The Kier molecular flexibility index (Phi) is 4.14. The summed E-state index contributed by atoms with van der Waals surface area (Å²) in [6, 6.07) is 8.13. The molecule has 0 aliphatic heterocycles. The van der Waals surface area contributed by atoms with Gasteiger partial charge in [-0.3, -0.25) is 5.01 Å². The van der Waals surface area contributed by atoms with Gasteiger partial charge in [-0.15, -0.1) is 0 Å². The number of urea groups is 1. The van der Waals surface area contributed by atoms with Gasteiger partial charge < -0.3 is 15.2 Å². The van der Waals surface area contributed by atoms with E-state index in [0.29, 0.717) is 5.69 Å². The van der Waals surface area contributed by atoms with E-state index in [1.165, 1.54) is 12.1 Å². The summed E-state index contributed by atoms with van der Waals surface area (Å²) in [6.45, 7) is -0.419. The molecule has 0 aliphatic rings. The quantitative estimate of drug-likeness (QED) is 0.646. The minimum Gasteiger partial charge on any atom is -0.548 e. The first-order valence-corrected chi connectivity index (χ1v) is 4.64. The van der Waals surface area contributed by atoms with Crippen LogP contribution in [0.3, 0.4) is 0 Å². The van der Waals surface area contributed by atoms with Crippen LogP contribution in [0.2, 0.25) is 0 Å². The third-order valence-electron chi connectivity index (χ3n) is 1.82. The number of amides is 2. The molecule has 0 aliphatic carbocycles. The topological polar surface area (TPSA) is 84.5 Å². The average Bonchev–Trinajstić information content (AvgIpc) is 2.28. The van der Waals surface area contributed by atoms with Crippen LogP contribution in [-0.2, 0) is 4.79 Å². The van der Waals surface area contributed by atoms with Gasteiger partial charge in [0.1, 0.15) is 0 Å². The van der Waals surface area contributed by atoms with Crippen LogP contribution in [0.4, 0.5) is 10.5 Å². The van der Waals surface area contributed by atoms with Crippen LogP contribution in [0.25, 0.3) is 0 Å². The van der Waals surface area contributed by atoms with Gasteiger partial charge in [-0.2, -0.15) is 0 Å². The number of aliphatic carboxylic acids is 1. The highest BCUT2D eigenvalue weighted by atomic mass is 16.4. The number of hydrazine groups is 1. The second-order valence-electron chi connectivity index (χ2n) is 2.98. The maximum Gasteiger partial charge on any atom is 0.333 e. The number of carbonyl (C=O) groups excluding carboxylic acids is 2. The molecule has 6 heteroatoms. The van der Waals surface area contributed by atoms with Crippen LogP contribution in [0.5, 0.6) is 0 Å². The molecule has 0 heterocycles. The van der Waals surface area contributed by atoms with Crippen molar-refractivity contribution in [2.45, 2.75) is 0 Å². The zero-order chi connectivity index (χ0) is 12.0. The second-order valence-corrected chi connectivity index (χ2v) is 2.98. The summed E-state index contributed by atoms with van der Waals surface area (Å²) in [7, 11) is 1.44. The number of anilines is 1. The molecule has 0 spiro atoms. The summed E-state index contributed by atoms with van der Waals surface area (Å²) in [6.07, 6.45) is 0. The maximum atomic E-state index is 11.1. The molecule has 16 heavy (non-hydrogen) atoms. The molecule has 0 unspecified atom stereocenters. The number of carbonyl (C=O) groups is 2. The minimum atomic E-state index is -1.28. The van der Waals surface area contributed by atoms with Gasteiger partial charge in [0.15, 0.2) is 0 Å². The Morgan fingerprint density at radius 2 is 1.94 bits per heavy atom. The molecule has 0 fully saturated rings. The van der Waals surface area contributed by atoms with E-state index in [9.17, 15) is 14.7 Å². The van der Waals surface area contributed by atoms with Crippen LogP contribution in [0.1, 0.15) is 0 Å². The molecular weight excluding hydrogens is 210 g/mol. The predicted octanol–water partition coefficient (Wildman–Crippen LogP) is -0.913. The van der Waals surface area contributed by atoms with Gasteiger partial charge in [0, 0.05) is 7.05 Å². The first-order valence-electron chi connectivity index (χ1n) is 4.64. The Balaban J connectivity index is 2.79. The van der Waals surface area contributed by atoms with Gasteiger partial charge in [-0.05, 0) is 12.1 Å². The van der Waals surface area contributed by atoms with Gasteiger partial charge in [0.25, 0.3) is 0 Å². The summed E-state index contributed by atoms with van der Waals surface area (Å²) >= 11 is 0. The number of benzene rings is 1. The highest BCUT2D eigenvalue weighted by Gasteiger charge is 2.08. The summed E-state index contributed by atoms with van der Waals surface area (Å²) in [5.41, 5.74) is 2.94. The van der Waals surface area contributed by atoms with Gasteiger partial charge in [-0.25, -0.2) is 10.2 Å². The van der Waals surface area contributed by atoms with E-state index in [1.54, 1.807) is 30.3 Å². The molecule has 1 rings (SSSR count). The van der Waals surface area contributed by atoms with Gasteiger partial charge >= 0.3 is 6.03 Å². The molecule has 2 amide bonds. The van der Waals surface area contributed by atoms with E-state index in [4.69, 9.17) is 0 Å². The molecule has 0 radical (unpaired) electrons. The third kappa shape index (κ3) is 3.49. The smallest absolute Gasteiger partial charge is 0.333 e. The first-order chi connectivity index (χ1) is 7.63. The number of hydrogen-bond acceptors (Lipinski definition) is 4. The number of carboxylic acids is 1. The van der Waals surface area contributed by atoms with E-state index in [1.807, 2.05) is 0 Å². The number of hydrogen-bond donors (Lipinski definition) is 2. The fraction of sp³-hybridized carbons (Fsp3) is 0.200. The number of para-hydroxylation sites is 1. The van der Waals surface area contributed by atoms with Gasteiger partial charge in [0.2, 0.25) is 0 Å². The molecule has 6 nitrogen and oxygen atoms in total. The zero-order valence-electron chi connectivity index (χ0n) is 8.77. The summed E-state index contributed by atoms with van der Waals surface area (Å²) in [5, 5.41) is 14.1. The molecule has 1 aromatic carbocycles. The SMILES string of the molecule is CNC(=O)NN(CC(=O)[O-])c1ccccc1. The Bertz CT molecular complexity index is 367. The van der Waals surface area contributed by atoms with Crippen LogP contribution in [0.15, 0.2) is 30.3 Å². The van der Waals surface area contributed by atoms with Crippen molar-refractivity contribution in [2.75, 3.05) is 18.6 Å². The molecule has 0 saturated heterocycles. The van der Waals surface area contributed by atoms with Crippen LogP contribution in [-0.4, -0.2) is 25.6 Å². The Labute approximate surface area is 92.8 Å². The normalized spacial score (nSPS) is 9.31. The Hall–Kier alpha value is -2.24. The van der Waals surface area contributed by atoms with Crippen LogP contribution >= 0.6 is 0 Å². The highest BCUT2D eigenvalue weighted by molar-refractivity contribution is 5.78. The van der Waals surface area contributed by atoms with Gasteiger partial charge in [0.05, 0.1) is 18.2 Å². The standard InChI is InChI=1S/C10H13N3O3/c1-11-10(16)12-13(7-9(14)15)8-5-3-2-4-6-8/h2-6H,7H2,1H3,(H,14,15)(H2,11,12,16)/p-1. The van der Waals surface area contributed by atoms with E-state index in [2.05, 4.69) is 10.7 Å². The minimum absolute atomic E-state index is 0.419. The van der Waals surface area contributed by atoms with E-state index in [-0.39, 0.29) is 0 Å². The fourth-order valence-electron chi connectivity index (χ4n) is 1.11. The van der Waals surface area contributed by atoms with Crippen LogP contribution in [0, 0.1) is 0 Å². The van der Waals surface area contributed by atoms with Crippen LogP contribution < -0.4 is 20.9 Å². The molecule has 86 valence electrons. The lowest BCUT2D eigenvalue weighted by Crippen LogP contribution is -2.51. The number of rotatable bonds is 4. The van der Waals surface area contributed by atoms with Gasteiger partial charge in [-0.1, -0.05) is 18.2 Å². The highest BCUT2D eigenvalue weighted by Crippen LogP contribution is 2.09. The molecule has 1 aromatic rings. The molecule has 0 aromatic heterocycles. The lowest BCUT2D eigenvalue weighted by molar-refractivity contribution is -0.303. The van der Waals surface area contributed by atoms with E-state index < -0.39 is 18.5 Å². The number of carboxylic acid groups (broad SMARTS) is 1. The number of nitrogens with zero attached hydrogens (tertiary/aromatic N) is 1. The van der Waals surface area contributed by atoms with Crippen molar-refractivity contribution in [1.82, 2.24) is 10.7 Å². The van der Waals surface area contributed by atoms with E-state index in [0.717, 1.165) is 0 Å². The molecule has 0 atom stereocenters. The summed E-state index contributed by atoms with van der Waals surface area (Å²) in [5.74, 6) is -1.28. The molecule has 0 saturated carbocycles. The third-order valence-corrected chi connectivity index (χ3v) is 1.82. The Morgan fingerprint density at radius 1 is 1.31 bits per heavy atom. The van der Waals surface area contributed by atoms with Crippen molar-refractivity contribution in [3.63, 3.8) is 0 Å². The monoisotopic (exact) mass is 222 g/mol. The lowest BCUT2D eigenvalue weighted by atomic mass is 10.3. The van der Waals surface area contributed by atoms with Crippen molar-refractivity contribution in [2.24, 2.45) is 0 Å². The second kappa shape index (κ2) is 5.59. The van der Waals surface area contributed by atoms with Crippen molar-refractivity contribution in [1.29, 1.82) is 0 Å². The number of nitrogens with one attached hydrogen (secondary N) is 2. The van der Waals surface area contributed by atoms with Crippen molar-refractivity contribution >= 4 is 17.7 Å². The predicted molar refractivity (Wildman–Crippen MR) is 56.4 cm³/mol. The van der Waals surface area contributed by atoms with Crippen molar-refractivity contribution < 1.29 is 14.7 Å². The zero-order valence-corrected chi connectivity index (χ0v) is 8.77.